The van der Waals surface area contributed by atoms with E-state index in [0.717, 1.165) is 30.6 Å². The van der Waals surface area contributed by atoms with Crippen molar-refractivity contribution in [2.45, 2.75) is 44.4 Å². The van der Waals surface area contributed by atoms with Crippen LogP contribution < -0.4 is 10.2 Å². The molecule has 130 valence electrons. The molecule has 3 atom stereocenters. The average molecular weight is 336 g/mol. The Morgan fingerprint density at radius 1 is 1.12 bits per heavy atom. The van der Waals surface area contributed by atoms with Crippen LogP contribution in [0.5, 0.6) is 0 Å². The normalized spacial score (nSPS) is 25.5. The molecule has 0 radical (unpaired) electrons. The Balaban J connectivity index is 1.64. The number of carbonyl (C=O) groups excluding carboxylic acids is 1. The molecule has 0 saturated carbocycles. The maximum atomic E-state index is 13.0. The van der Waals surface area contributed by atoms with Crippen LogP contribution in [0.15, 0.2) is 54.6 Å². The Hall–Kier alpha value is -2.33. The molecule has 25 heavy (non-hydrogen) atoms. The lowest BCUT2D eigenvalue weighted by atomic mass is 9.91. The Morgan fingerprint density at radius 2 is 1.88 bits per heavy atom. The molecule has 4 heteroatoms. The summed E-state index contributed by atoms with van der Waals surface area (Å²) in [6.07, 6.45) is 2.40. The Morgan fingerprint density at radius 3 is 2.64 bits per heavy atom. The van der Waals surface area contributed by atoms with Gasteiger partial charge in [-0.15, -0.1) is 0 Å². The number of rotatable bonds is 3. The van der Waals surface area contributed by atoms with Crippen LogP contribution in [-0.2, 0) is 9.53 Å². The molecule has 0 aromatic heterocycles. The van der Waals surface area contributed by atoms with E-state index in [4.69, 9.17) is 4.74 Å². The Labute approximate surface area is 148 Å². The van der Waals surface area contributed by atoms with E-state index in [1.807, 2.05) is 35.2 Å². The zero-order valence-electron chi connectivity index (χ0n) is 14.5. The van der Waals surface area contributed by atoms with Gasteiger partial charge in [0.1, 0.15) is 6.10 Å². The predicted octanol–water partition coefficient (Wildman–Crippen LogP) is 4.14. The Kier molecular flexibility index (Phi) is 4.45. The van der Waals surface area contributed by atoms with Gasteiger partial charge < -0.3 is 15.0 Å². The highest BCUT2D eigenvalue weighted by Crippen LogP contribution is 2.39. The van der Waals surface area contributed by atoms with Gasteiger partial charge in [-0.2, -0.15) is 0 Å². The molecule has 1 N–H and O–H groups in total. The summed E-state index contributed by atoms with van der Waals surface area (Å²) in [5.74, 6) is 0.107. The number of nitrogens with one attached hydrogen (secondary N) is 1. The standard InChI is InChI=1S/C21H24N2O2/c1-15-14-18(22-16-8-3-2-4-9-16)17-10-5-6-11-19(17)23(15)21(24)20-12-7-13-25-20/h2-6,8-11,15,18,20,22H,7,12-14H2,1H3/t15-,18-,20-/m0/s1. The van der Waals surface area contributed by atoms with Gasteiger partial charge in [-0.25, -0.2) is 0 Å². The first-order valence-corrected chi connectivity index (χ1v) is 9.09. The SMILES string of the molecule is C[C@H]1C[C@H](Nc2ccccc2)c2ccccc2N1C(=O)[C@@H]1CCCO1. The van der Waals surface area contributed by atoms with E-state index in [2.05, 4.69) is 36.5 Å². The van der Waals surface area contributed by atoms with E-state index in [9.17, 15) is 4.79 Å². The summed E-state index contributed by atoms with van der Waals surface area (Å²) >= 11 is 0. The van der Waals surface area contributed by atoms with Crippen molar-refractivity contribution in [3.8, 4) is 0 Å². The first-order chi connectivity index (χ1) is 12.2. The highest BCUT2D eigenvalue weighted by Gasteiger charge is 2.37. The molecule has 2 aromatic carbocycles. The summed E-state index contributed by atoms with van der Waals surface area (Å²) in [7, 11) is 0. The lowest BCUT2D eigenvalue weighted by molar-refractivity contribution is -0.127. The molecule has 2 heterocycles. The lowest BCUT2D eigenvalue weighted by Crippen LogP contribution is -2.48. The van der Waals surface area contributed by atoms with Gasteiger partial charge in [0.2, 0.25) is 0 Å². The number of carbonyl (C=O) groups is 1. The van der Waals surface area contributed by atoms with Crippen molar-refractivity contribution in [2.75, 3.05) is 16.8 Å². The summed E-state index contributed by atoms with van der Waals surface area (Å²) in [6.45, 7) is 2.82. The highest BCUT2D eigenvalue weighted by molar-refractivity contribution is 5.98. The minimum atomic E-state index is -0.283. The van der Waals surface area contributed by atoms with E-state index in [-0.39, 0.29) is 24.1 Å². The number of hydrogen-bond donors (Lipinski definition) is 1. The quantitative estimate of drug-likeness (QED) is 0.916. The van der Waals surface area contributed by atoms with Crippen LogP contribution >= 0.6 is 0 Å². The summed E-state index contributed by atoms with van der Waals surface area (Å²) in [6, 6.07) is 18.8. The number of ether oxygens (including phenoxy) is 1. The van der Waals surface area contributed by atoms with Gasteiger partial charge in [-0.3, -0.25) is 4.79 Å². The van der Waals surface area contributed by atoms with Crippen LogP contribution in [-0.4, -0.2) is 24.7 Å². The van der Waals surface area contributed by atoms with E-state index < -0.39 is 0 Å². The van der Waals surface area contributed by atoms with Crippen molar-refractivity contribution < 1.29 is 9.53 Å². The van der Waals surface area contributed by atoms with Gasteiger partial charge in [0.25, 0.3) is 5.91 Å². The molecule has 0 aliphatic carbocycles. The summed E-state index contributed by atoms with van der Waals surface area (Å²) in [5, 5.41) is 3.63. The molecule has 2 aliphatic heterocycles. The third-order valence-corrected chi connectivity index (χ3v) is 5.15. The van der Waals surface area contributed by atoms with Gasteiger partial charge in [0.05, 0.1) is 6.04 Å². The number of nitrogens with zero attached hydrogens (tertiary/aromatic N) is 1. The van der Waals surface area contributed by atoms with Crippen molar-refractivity contribution in [1.29, 1.82) is 0 Å². The summed E-state index contributed by atoms with van der Waals surface area (Å²) < 4.78 is 5.65. The van der Waals surface area contributed by atoms with Crippen molar-refractivity contribution in [3.05, 3.63) is 60.2 Å². The van der Waals surface area contributed by atoms with E-state index in [1.165, 1.54) is 5.56 Å². The molecular weight excluding hydrogens is 312 g/mol. The fourth-order valence-electron chi connectivity index (χ4n) is 3.95. The highest BCUT2D eigenvalue weighted by atomic mass is 16.5. The summed E-state index contributed by atoms with van der Waals surface area (Å²) in [4.78, 5) is 15.0. The van der Waals surface area contributed by atoms with E-state index >= 15 is 0 Å². The second-order valence-electron chi connectivity index (χ2n) is 6.92. The van der Waals surface area contributed by atoms with Crippen LogP contribution in [0.25, 0.3) is 0 Å². The number of hydrogen-bond acceptors (Lipinski definition) is 3. The van der Waals surface area contributed by atoms with E-state index in [1.54, 1.807) is 0 Å². The fraction of sp³-hybridized carbons (Fsp3) is 0.381. The molecule has 0 bridgehead atoms. The molecule has 2 aromatic rings. The first kappa shape index (κ1) is 16.2. The molecule has 2 aliphatic rings. The van der Waals surface area contributed by atoms with Gasteiger partial charge in [-0.05, 0) is 49.9 Å². The zero-order valence-corrected chi connectivity index (χ0v) is 14.5. The maximum absolute atomic E-state index is 13.0. The number of fused-ring (bicyclic) bond motifs is 1. The van der Waals surface area contributed by atoms with Crippen molar-refractivity contribution >= 4 is 17.3 Å². The van der Waals surface area contributed by atoms with Gasteiger partial charge in [-0.1, -0.05) is 36.4 Å². The molecule has 1 fully saturated rings. The third kappa shape index (κ3) is 3.14. The van der Waals surface area contributed by atoms with Crippen LogP contribution in [0, 0.1) is 0 Å². The second kappa shape index (κ2) is 6.89. The molecule has 1 saturated heterocycles. The van der Waals surface area contributed by atoms with E-state index in [0.29, 0.717) is 6.61 Å². The van der Waals surface area contributed by atoms with Crippen LogP contribution in [0.3, 0.4) is 0 Å². The topological polar surface area (TPSA) is 41.6 Å². The molecule has 4 nitrogen and oxygen atoms in total. The Bertz CT molecular complexity index is 741. The van der Waals surface area contributed by atoms with Gasteiger partial charge in [0, 0.05) is 24.0 Å². The molecule has 4 rings (SSSR count). The van der Waals surface area contributed by atoms with Crippen molar-refractivity contribution in [3.63, 3.8) is 0 Å². The number of para-hydroxylation sites is 2. The van der Waals surface area contributed by atoms with Crippen molar-refractivity contribution in [2.24, 2.45) is 0 Å². The molecule has 1 amide bonds. The summed E-state index contributed by atoms with van der Waals surface area (Å²) in [5.41, 5.74) is 3.29. The zero-order chi connectivity index (χ0) is 17.2. The number of amides is 1. The maximum Gasteiger partial charge on any atom is 0.256 e. The third-order valence-electron chi connectivity index (χ3n) is 5.15. The minimum Gasteiger partial charge on any atom is -0.378 e. The van der Waals surface area contributed by atoms with Gasteiger partial charge >= 0.3 is 0 Å². The number of anilines is 2. The minimum absolute atomic E-state index is 0.107. The predicted molar refractivity (Wildman–Crippen MR) is 99.8 cm³/mol. The lowest BCUT2D eigenvalue weighted by Gasteiger charge is -2.40. The van der Waals surface area contributed by atoms with Gasteiger partial charge in [0.15, 0.2) is 0 Å². The monoisotopic (exact) mass is 336 g/mol. The van der Waals surface area contributed by atoms with Crippen molar-refractivity contribution in [1.82, 2.24) is 0 Å². The van der Waals surface area contributed by atoms with Crippen LogP contribution in [0.2, 0.25) is 0 Å². The first-order valence-electron chi connectivity index (χ1n) is 9.09. The molecule has 0 spiro atoms. The van der Waals surface area contributed by atoms with Crippen LogP contribution in [0.1, 0.15) is 37.8 Å². The fourth-order valence-corrected chi connectivity index (χ4v) is 3.95. The molecule has 0 unspecified atom stereocenters. The van der Waals surface area contributed by atoms with Crippen LogP contribution in [0.4, 0.5) is 11.4 Å². The second-order valence-corrected chi connectivity index (χ2v) is 6.92. The number of benzene rings is 2. The molecular formula is C21H24N2O2. The largest absolute Gasteiger partial charge is 0.378 e. The smallest absolute Gasteiger partial charge is 0.256 e. The average Bonchev–Trinajstić information content (AvgIpc) is 3.17.